The second-order valence-electron chi connectivity index (χ2n) is 5.58. The van der Waals surface area contributed by atoms with Gasteiger partial charge in [0.2, 0.25) is 0 Å². The van der Waals surface area contributed by atoms with Gasteiger partial charge in [0.15, 0.2) is 0 Å². The summed E-state index contributed by atoms with van der Waals surface area (Å²) in [5.74, 6) is 1.22. The molecule has 0 spiro atoms. The number of fused-ring (bicyclic) bond motifs is 1. The van der Waals surface area contributed by atoms with Crippen molar-refractivity contribution >= 4 is 17.4 Å². The Morgan fingerprint density at radius 2 is 2.09 bits per heavy atom. The second-order valence-corrected chi connectivity index (χ2v) is 5.58. The van der Waals surface area contributed by atoms with Gasteiger partial charge in [-0.2, -0.15) is 0 Å². The zero-order chi connectivity index (χ0) is 15.7. The zero-order valence-corrected chi connectivity index (χ0v) is 13.0. The van der Waals surface area contributed by atoms with Gasteiger partial charge >= 0.3 is 0 Å². The molecule has 0 aliphatic carbocycles. The van der Waals surface area contributed by atoms with E-state index < -0.39 is 0 Å². The maximum atomic E-state index is 12.4. The van der Waals surface area contributed by atoms with Crippen LogP contribution in [0.4, 0.5) is 11.5 Å². The Hall–Kier alpha value is -2.56. The van der Waals surface area contributed by atoms with Crippen molar-refractivity contribution in [1.82, 2.24) is 4.98 Å². The molecule has 5 nitrogen and oxygen atoms in total. The predicted molar refractivity (Wildman–Crippen MR) is 86.9 cm³/mol. The van der Waals surface area contributed by atoms with Crippen LogP contribution >= 0.6 is 0 Å². The van der Waals surface area contributed by atoms with Gasteiger partial charge in [0, 0.05) is 18.3 Å². The molecule has 0 bridgehead atoms. The third-order valence-corrected chi connectivity index (χ3v) is 3.66. The molecule has 3 rings (SSSR count). The smallest absolute Gasteiger partial charge is 0.256 e. The molecule has 0 atom stereocenters. The van der Waals surface area contributed by atoms with Gasteiger partial charge < -0.3 is 15.0 Å². The minimum atomic E-state index is -0.167. The average molecular weight is 297 g/mol. The SMILES string of the molecule is Cc1cc(C)nc(NC(=O)c2ccc3c(c2)N(C)CCO3)c1. The first kappa shape index (κ1) is 14.4. The molecule has 1 aliphatic heterocycles. The number of pyridine rings is 1. The van der Waals surface area contributed by atoms with Crippen LogP contribution in [0.15, 0.2) is 30.3 Å². The molecule has 1 aliphatic rings. The summed E-state index contributed by atoms with van der Waals surface area (Å²) in [7, 11) is 1.99. The van der Waals surface area contributed by atoms with Crippen molar-refractivity contribution in [2.45, 2.75) is 13.8 Å². The van der Waals surface area contributed by atoms with Crippen LogP contribution in [0.25, 0.3) is 0 Å². The Kier molecular flexibility index (Phi) is 3.71. The third-order valence-electron chi connectivity index (χ3n) is 3.66. The van der Waals surface area contributed by atoms with Gasteiger partial charge in [-0.1, -0.05) is 0 Å². The number of hydrogen-bond donors (Lipinski definition) is 1. The molecule has 0 fully saturated rings. The maximum Gasteiger partial charge on any atom is 0.256 e. The Morgan fingerprint density at radius 1 is 1.27 bits per heavy atom. The van der Waals surface area contributed by atoms with Gasteiger partial charge in [0.1, 0.15) is 18.2 Å². The number of nitrogens with one attached hydrogen (secondary N) is 1. The quantitative estimate of drug-likeness (QED) is 0.926. The summed E-state index contributed by atoms with van der Waals surface area (Å²) in [6.45, 7) is 5.38. The summed E-state index contributed by atoms with van der Waals surface area (Å²) < 4.78 is 5.59. The molecular formula is C17H19N3O2. The largest absolute Gasteiger partial charge is 0.490 e. The Morgan fingerprint density at radius 3 is 2.86 bits per heavy atom. The molecule has 2 heterocycles. The van der Waals surface area contributed by atoms with Gasteiger partial charge in [-0.3, -0.25) is 4.79 Å². The monoisotopic (exact) mass is 297 g/mol. The van der Waals surface area contributed by atoms with Crippen LogP contribution in [0.5, 0.6) is 5.75 Å². The number of aryl methyl sites for hydroxylation is 2. The van der Waals surface area contributed by atoms with Crippen LogP contribution in [-0.2, 0) is 0 Å². The molecule has 114 valence electrons. The number of carbonyl (C=O) groups is 1. The van der Waals surface area contributed by atoms with E-state index in [0.29, 0.717) is 18.0 Å². The lowest BCUT2D eigenvalue weighted by Gasteiger charge is -2.27. The summed E-state index contributed by atoms with van der Waals surface area (Å²) in [5.41, 5.74) is 3.49. The molecule has 22 heavy (non-hydrogen) atoms. The van der Waals surface area contributed by atoms with E-state index in [2.05, 4.69) is 15.2 Å². The molecule has 2 aromatic rings. The maximum absolute atomic E-state index is 12.4. The number of aromatic nitrogens is 1. The molecule has 1 N–H and O–H groups in total. The first-order valence-electron chi connectivity index (χ1n) is 7.27. The van der Waals surface area contributed by atoms with Crippen LogP contribution in [0, 0.1) is 13.8 Å². The van der Waals surface area contributed by atoms with E-state index in [9.17, 15) is 4.79 Å². The van der Waals surface area contributed by atoms with E-state index in [1.165, 1.54) is 0 Å². The van der Waals surface area contributed by atoms with Crippen molar-refractivity contribution in [2.24, 2.45) is 0 Å². The van der Waals surface area contributed by atoms with Crippen molar-refractivity contribution in [3.8, 4) is 5.75 Å². The fourth-order valence-electron chi connectivity index (χ4n) is 2.59. The molecule has 0 unspecified atom stereocenters. The minimum Gasteiger partial charge on any atom is -0.490 e. The van der Waals surface area contributed by atoms with E-state index in [1.807, 2.05) is 45.2 Å². The number of likely N-dealkylation sites (N-methyl/N-ethyl adjacent to an activating group) is 1. The lowest BCUT2D eigenvalue weighted by molar-refractivity contribution is 0.102. The second kappa shape index (κ2) is 5.67. The van der Waals surface area contributed by atoms with Crippen molar-refractivity contribution < 1.29 is 9.53 Å². The minimum absolute atomic E-state index is 0.167. The summed E-state index contributed by atoms with van der Waals surface area (Å²) in [6.07, 6.45) is 0. The van der Waals surface area contributed by atoms with E-state index in [-0.39, 0.29) is 5.91 Å². The number of rotatable bonds is 2. The Labute approximate surface area is 129 Å². The van der Waals surface area contributed by atoms with Gasteiger partial charge in [-0.15, -0.1) is 0 Å². The zero-order valence-electron chi connectivity index (χ0n) is 13.0. The molecule has 1 amide bonds. The first-order valence-corrected chi connectivity index (χ1v) is 7.27. The van der Waals surface area contributed by atoms with Gasteiger partial charge in [-0.05, 0) is 49.7 Å². The molecular weight excluding hydrogens is 278 g/mol. The van der Waals surface area contributed by atoms with Crippen LogP contribution in [0.1, 0.15) is 21.6 Å². The summed E-state index contributed by atoms with van der Waals surface area (Å²) in [6, 6.07) is 9.30. The predicted octanol–water partition coefficient (Wildman–Crippen LogP) is 2.78. The number of amides is 1. The van der Waals surface area contributed by atoms with Crippen molar-refractivity contribution in [1.29, 1.82) is 0 Å². The molecule has 1 aromatic heterocycles. The lowest BCUT2D eigenvalue weighted by atomic mass is 10.1. The lowest BCUT2D eigenvalue weighted by Crippen LogP contribution is -2.29. The number of anilines is 2. The summed E-state index contributed by atoms with van der Waals surface area (Å²) in [5, 5.41) is 2.85. The van der Waals surface area contributed by atoms with Gasteiger partial charge in [0.25, 0.3) is 5.91 Å². The van der Waals surface area contributed by atoms with E-state index in [0.717, 1.165) is 29.2 Å². The highest BCUT2D eigenvalue weighted by Gasteiger charge is 2.17. The average Bonchev–Trinajstić information content (AvgIpc) is 2.46. The van der Waals surface area contributed by atoms with Crippen LogP contribution in [-0.4, -0.2) is 31.1 Å². The van der Waals surface area contributed by atoms with Crippen molar-refractivity contribution in [2.75, 3.05) is 30.4 Å². The molecule has 0 radical (unpaired) electrons. The number of benzene rings is 1. The highest BCUT2D eigenvalue weighted by Crippen LogP contribution is 2.31. The van der Waals surface area contributed by atoms with Crippen molar-refractivity contribution in [3.63, 3.8) is 0 Å². The highest BCUT2D eigenvalue weighted by atomic mass is 16.5. The topological polar surface area (TPSA) is 54.5 Å². The Bertz CT molecular complexity index is 708. The molecule has 0 saturated carbocycles. The number of ether oxygens (including phenoxy) is 1. The number of hydrogen-bond acceptors (Lipinski definition) is 4. The van der Waals surface area contributed by atoms with Gasteiger partial charge in [0.05, 0.1) is 12.2 Å². The van der Waals surface area contributed by atoms with Gasteiger partial charge in [-0.25, -0.2) is 4.98 Å². The molecule has 1 aromatic carbocycles. The standard InChI is InChI=1S/C17H19N3O2/c1-11-8-12(2)18-16(9-11)19-17(21)13-4-5-15-14(10-13)20(3)6-7-22-15/h4-5,8-10H,6-7H2,1-3H3,(H,18,19,21). The van der Waals surface area contributed by atoms with Crippen LogP contribution in [0.3, 0.4) is 0 Å². The van der Waals surface area contributed by atoms with Crippen LogP contribution < -0.4 is 15.0 Å². The highest BCUT2D eigenvalue weighted by molar-refractivity contribution is 6.04. The fraction of sp³-hybridized carbons (Fsp3) is 0.294. The number of carbonyl (C=O) groups excluding carboxylic acids is 1. The third kappa shape index (κ3) is 2.88. The van der Waals surface area contributed by atoms with E-state index in [1.54, 1.807) is 6.07 Å². The van der Waals surface area contributed by atoms with Crippen molar-refractivity contribution in [3.05, 3.63) is 47.2 Å². The summed E-state index contributed by atoms with van der Waals surface area (Å²) in [4.78, 5) is 18.8. The normalized spacial score (nSPS) is 13.3. The van der Waals surface area contributed by atoms with E-state index in [4.69, 9.17) is 4.74 Å². The van der Waals surface area contributed by atoms with E-state index >= 15 is 0 Å². The number of nitrogens with zero attached hydrogens (tertiary/aromatic N) is 2. The molecule has 0 saturated heterocycles. The summed E-state index contributed by atoms with van der Waals surface area (Å²) >= 11 is 0. The fourth-order valence-corrected chi connectivity index (χ4v) is 2.59. The molecule has 5 heteroatoms. The van der Waals surface area contributed by atoms with Crippen LogP contribution in [0.2, 0.25) is 0 Å². The first-order chi connectivity index (χ1) is 10.5. The Balaban J connectivity index is 1.84.